The van der Waals surface area contributed by atoms with Crippen molar-refractivity contribution in [3.8, 4) is 11.4 Å². The van der Waals surface area contributed by atoms with E-state index in [0.29, 0.717) is 0 Å². The van der Waals surface area contributed by atoms with E-state index in [1.165, 1.54) is 5.56 Å². The first kappa shape index (κ1) is 21.5. The van der Waals surface area contributed by atoms with Gasteiger partial charge in [0.2, 0.25) is 0 Å². The second-order valence-corrected chi connectivity index (χ2v) is 9.30. The molecule has 0 unspecified atom stereocenters. The molecule has 0 saturated carbocycles. The van der Waals surface area contributed by atoms with E-state index in [-0.39, 0.29) is 12.7 Å². The summed E-state index contributed by atoms with van der Waals surface area (Å²) in [6.07, 6.45) is 4.36. The molecule has 0 amide bonds. The van der Waals surface area contributed by atoms with Gasteiger partial charge in [-0.2, -0.15) is 11.3 Å². The molecule has 1 saturated heterocycles. The Morgan fingerprint density at radius 1 is 1.29 bits per heavy atom. The minimum atomic E-state index is -0.862. The first-order chi connectivity index (χ1) is 14.9. The highest BCUT2D eigenvalue weighted by atomic mass is 32.1. The van der Waals surface area contributed by atoms with Gasteiger partial charge >= 0.3 is 5.97 Å². The lowest BCUT2D eigenvalue weighted by Gasteiger charge is -2.34. The average Bonchev–Trinajstić information content (AvgIpc) is 3.45. The van der Waals surface area contributed by atoms with Crippen molar-refractivity contribution in [1.29, 1.82) is 0 Å². The number of hydrogen-bond acceptors (Lipinski definition) is 7. The number of anilines is 1. The summed E-state index contributed by atoms with van der Waals surface area (Å²) < 4.78 is 5.86. The number of aromatic amines is 1. The predicted octanol–water partition coefficient (Wildman–Crippen LogP) is 3.62. The molecule has 3 aromatic heterocycles. The van der Waals surface area contributed by atoms with Gasteiger partial charge in [-0.05, 0) is 61.2 Å². The molecule has 9 heteroatoms. The molecule has 1 aliphatic heterocycles. The number of H-pyrrole nitrogens is 1. The van der Waals surface area contributed by atoms with Crippen molar-refractivity contribution >= 4 is 23.1 Å². The van der Waals surface area contributed by atoms with Gasteiger partial charge in [0.1, 0.15) is 11.6 Å². The Morgan fingerprint density at radius 2 is 2.10 bits per heavy atom. The van der Waals surface area contributed by atoms with Crippen LogP contribution in [0.15, 0.2) is 35.2 Å². The molecule has 0 aromatic carbocycles. The third-order valence-electron chi connectivity index (χ3n) is 5.53. The number of aromatic nitrogens is 4. The van der Waals surface area contributed by atoms with Crippen LogP contribution in [0.2, 0.25) is 0 Å². The molecule has 1 fully saturated rings. The Labute approximate surface area is 185 Å². The van der Waals surface area contributed by atoms with Crippen LogP contribution in [0, 0.1) is 5.41 Å². The van der Waals surface area contributed by atoms with Crippen LogP contribution in [0.3, 0.4) is 0 Å². The Balaban J connectivity index is 1.30. The summed E-state index contributed by atoms with van der Waals surface area (Å²) >= 11 is 1.67. The van der Waals surface area contributed by atoms with Crippen molar-refractivity contribution in [2.45, 2.75) is 39.2 Å². The SMILES string of the molecule is CC(C)(COC1CCN(c2ccc(-c3nnc(Cc4ccsc4)[nH]3)cn2)CC1)C(=O)O. The van der Waals surface area contributed by atoms with E-state index >= 15 is 0 Å². The van der Waals surface area contributed by atoms with E-state index in [0.717, 1.165) is 55.4 Å². The van der Waals surface area contributed by atoms with E-state index in [1.807, 2.05) is 18.3 Å². The van der Waals surface area contributed by atoms with Gasteiger partial charge in [0, 0.05) is 31.3 Å². The van der Waals surface area contributed by atoms with Gasteiger partial charge in [-0.15, -0.1) is 10.2 Å². The fourth-order valence-electron chi connectivity index (χ4n) is 3.45. The van der Waals surface area contributed by atoms with Gasteiger partial charge in [0.05, 0.1) is 18.1 Å². The van der Waals surface area contributed by atoms with Gasteiger partial charge in [-0.3, -0.25) is 4.79 Å². The second kappa shape index (κ2) is 9.15. The van der Waals surface area contributed by atoms with Crippen molar-refractivity contribution in [3.05, 3.63) is 46.5 Å². The van der Waals surface area contributed by atoms with Gasteiger partial charge in [0.15, 0.2) is 5.82 Å². The molecule has 1 aliphatic rings. The fraction of sp³-hybridized carbons (Fsp3) is 0.455. The number of rotatable bonds is 8. The highest BCUT2D eigenvalue weighted by Crippen LogP contribution is 2.24. The van der Waals surface area contributed by atoms with Crippen LogP contribution in [0.5, 0.6) is 0 Å². The Hall–Kier alpha value is -2.78. The number of ether oxygens (including phenoxy) is 1. The summed E-state index contributed by atoms with van der Waals surface area (Å²) in [5, 5.41) is 21.9. The highest BCUT2D eigenvalue weighted by Gasteiger charge is 2.30. The molecule has 164 valence electrons. The summed E-state index contributed by atoms with van der Waals surface area (Å²) in [5.41, 5.74) is 1.26. The maximum atomic E-state index is 11.2. The van der Waals surface area contributed by atoms with Crippen molar-refractivity contribution in [3.63, 3.8) is 0 Å². The topological polar surface area (TPSA) is 104 Å². The van der Waals surface area contributed by atoms with Crippen LogP contribution in [-0.2, 0) is 16.0 Å². The summed E-state index contributed by atoms with van der Waals surface area (Å²) in [5.74, 6) is 1.65. The Bertz CT molecular complexity index is 993. The molecule has 0 aliphatic carbocycles. The minimum Gasteiger partial charge on any atom is -0.481 e. The molecule has 8 nitrogen and oxygen atoms in total. The highest BCUT2D eigenvalue weighted by molar-refractivity contribution is 7.07. The molecule has 3 aromatic rings. The van der Waals surface area contributed by atoms with Crippen LogP contribution in [0.1, 0.15) is 38.1 Å². The monoisotopic (exact) mass is 441 g/mol. The Morgan fingerprint density at radius 3 is 2.74 bits per heavy atom. The number of carbonyl (C=O) groups is 1. The largest absolute Gasteiger partial charge is 0.481 e. The van der Waals surface area contributed by atoms with Crippen molar-refractivity contribution in [2.75, 3.05) is 24.6 Å². The number of carboxylic acids is 1. The minimum absolute atomic E-state index is 0.0880. The lowest BCUT2D eigenvalue weighted by molar-refractivity contribution is -0.152. The number of nitrogens with zero attached hydrogens (tertiary/aromatic N) is 4. The first-order valence-electron chi connectivity index (χ1n) is 10.4. The van der Waals surface area contributed by atoms with E-state index in [1.54, 1.807) is 25.2 Å². The van der Waals surface area contributed by atoms with Crippen LogP contribution in [-0.4, -0.2) is 57.0 Å². The summed E-state index contributed by atoms with van der Waals surface area (Å²) in [6, 6.07) is 6.10. The van der Waals surface area contributed by atoms with Crippen LogP contribution < -0.4 is 4.90 Å². The lowest BCUT2D eigenvalue weighted by atomic mass is 9.95. The van der Waals surface area contributed by atoms with Crippen molar-refractivity contribution in [1.82, 2.24) is 20.2 Å². The molecule has 4 heterocycles. The zero-order valence-electron chi connectivity index (χ0n) is 17.7. The zero-order valence-corrected chi connectivity index (χ0v) is 18.6. The average molecular weight is 442 g/mol. The maximum Gasteiger partial charge on any atom is 0.311 e. The van der Waals surface area contributed by atoms with Gasteiger partial charge in [0.25, 0.3) is 0 Å². The molecule has 31 heavy (non-hydrogen) atoms. The van der Waals surface area contributed by atoms with Crippen LogP contribution in [0.4, 0.5) is 5.82 Å². The van der Waals surface area contributed by atoms with E-state index in [9.17, 15) is 9.90 Å². The normalized spacial score (nSPS) is 15.4. The molecular formula is C22H27N5O3S. The summed E-state index contributed by atoms with van der Waals surface area (Å²) in [6.45, 7) is 5.27. The first-order valence-corrected chi connectivity index (χ1v) is 11.3. The maximum absolute atomic E-state index is 11.2. The second-order valence-electron chi connectivity index (χ2n) is 8.52. The number of nitrogens with one attached hydrogen (secondary N) is 1. The summed E-state index contributed by atoms with van der Waals surface area (Å²) in [7, 11) is 0. The molecule has 0 spiro atoms. The fourth-order valence-corrected chi connectivity index (χ4v) is 4.11. The number of pyridine rings is 1. The van der Waals surface area contributed by atoms with Gasteiger partial charge in [-0.1, -0.05) is 0 Å². The van der Waals surface area contributed by atoms with E-state index in [2.05, 4.69) is 41.9 Å². The number of carboxylic acid groups (broad SMARTS) is 1. The standard InChI is InChI=1S/C22H27N5O3S/c1-22(2,21(28)29)14-30-17-5-8-27(9-6-17)19-4-3-16(12-23-19)20-24-18(25-26-20)11-15-7-10-31-13-15/h3-4,7,10,12-13,17H,5-6,8-9,11,14H2,1-2H3,(H,28,29)(H,24,25,26). The van der Waals surface area contributed by atoms with Crippen LogP contribution in [0.25, 0.3) is 11.4 Å². The molecule has 4 rings (SSSR count). The smallest absolute Gasteiger partial charge is 0.311 e. The lowest BCUT2D eigenvalue weighted by Crippen LogP contribution is -2.39. The molecular weight excluding hydrogens is 414 g/mol. The van der Waals surface area contributed by atoms with Gasteiger partial charge < -0.3 is 19.7 Å². The predicted molar refractivity (Wildman–Crippen MR) is 119 cm³/mol. The number of thiophene rings is 1. The number of hydrogen-bond donors (Lipinski definition) is 2. The third-order valence-corrected chi connectivity index (χ3v) is 6.26. The van der Waals surface area contributed by atoms with E-state index < -0.39 is 11.4 Å². The number of piperidine rings is 1. The van der Waals surface area contributed by atoms with Crippen molar-refractivity contribution in [2.24, 2.45) is 5.41 Å². The molecule has 0 bridgehead atoms. The van der Waals surface area contributed by atoms with E-state index in [4.69, 9.17) is 4.74 Å². The third kappa shape index (κ3) is 5.29. The quantitative estimate of drug-likeness (QED) is 0.550. The zero-order chi connectivity index (χ0) is 21.8. The van der Waals surface area contributed by atoms with Gasteiger partial charge in [-0.25, -0.2) is 4.98 Å². The molecule has 0 radical (unpaired) electrons. The molecule has 0 atom stereocenters. The number of aliphatic carboxylic acids is 1. The molecule has 2 N–H and O–H groups in total. The Kier molecular flexibility index (Phi) is 6.33. The summed E-state index contributed by atoms with van der Waals surface area (Å²) in [4.78, 5) is 21.4. The van der Waals surface area contributed by atoms with Crippen LogP contribution >= 0.6 is 11.3 Å². The van der Waals surface area contributed by atoms with Crippen molar-refractivity contribution < 1.29 is 14.6 Å².